The molecule has 8 heteroatoms. The second-order valence-electron chi connectivity index (χ2n) is 7.09. The topological polar surface area (TPSA) is 83.1 Å². The number of hydrogen-bond donors (Lipinski definition) is 3. The minimum absolute atomic E-state index is 0.0305. The molecule has 3 heterocycles. The van der Waals surface area contributed by atoms with Crippen molar-refractivity contribution in [2.45, 2.75) is 24.5 Å². The molecule has 2 aromatic rings. The number of aromatic hydroxyl groups is 1. The zero-order valence-electron chi connectivity index (χ0n) is 15.9. The summed E-state index contributed by atoms with van der Waals surface area (Å²) in [5.74, 6) is 0.625. The van der Waals surface area contributed by atoms with Crippen LogP contribution in [0.1, 0.15) is 28.9 Å². The number of phenolic OH excluding ortho intramolecular Hbond substituents is 1. The van der Waals surface area contributed by atoms with Crippen molar-refractivity contribution in [3.8, 4) is 11.5 Å². The van der Waals surface area contributed by atoms with Crippen molar-refractivity contribution < 1.29 is 19.4 Å². The summed E-state index contributed by atoms with van der Waals surface area (Å²) in [5, 5.41) is 12.1. The van der Waals surface area contributed by atoms with E-state index in [1.807, 2.05) is 23.1 Å². The van der Waals surface area contributed by atoms with Crippen LogP contribution in [0.15, 0.2) is 35.7 Å². The lowest BCUT2D eigenvalue weighted by Crippen LogP contribution is -2.41. The van der Waals surface area contributed by atoms with Crippen LogP contribution in [-0.2, 0) is 9.53 Å². The van der Waals surface area contributed by atoms with E-state index in [9.17, 15) is 9.90 Å². The molecule has 7 nitrogen and oxygen atoms in total. The number of benzene rings is 1. The first kappa shape index (κ1) is 19.2. The van der Waals surface area contributed by atoms with Gasteiger partial charge in [-0.3, -0.25) is 4.79 Å². The standard InChI is InChI=1S/C20H25N3O4S/c1-26-9-4-8-23-19(12-6-7-13(24)14(11-12)27-2)16-17(15-5-3-10-28-15)21-22-18(16)20(23)25/h3,5-7,10-11,16-19,21-22,24H,4,8-9H2,1-2H3. The Morgan fingerprint density at radius 1 is 1.21 bits per heavy atom. The summed E-state index contributed by atoms with van der Waals surface area (Å²) in [7, 11) is 3.20. The number of likely N-dealkylation sites (tertiary alicyclic amines) is 1. The van der Waals surface area contributed by atoms with Crippen molar-refractivity contribution in [3.63, 3.8) is 0 Å². The number of carbonyl (C=O) groups excluding carboxylic acids is 1. The lowest BCUT2D eigenvalue weighted by atomic mass is 9.85. The number of nitrogens with one attached hydrogen (secondary N) is 2. The first-order valence-electron chi connectivity index (χ1n) is 9.36. The highest BCUT2D eigenvalue weighted by atomic mass is 32.1. The zero-order valence-corrected chi connectivity index (χ0v) is 16.7. The van der Waals surface area contributed by atoms with E-state index in [0.29, 0.717) is 18.9 Å². The van der Waals surface area contributed by atoms with E-state index < -0.39 is 0 Å². The third-order valence-electron chi connectivity index (χ3n) is 5.56. The van der Waals surface area contributed by atoms with Gasteiger partial charge in [-0.15, -0.1) is 11.3 Å². The number of amides is 1. The number of phenols is 1. The molecule has 4 unspecified atom stereocenters. The van der Waals surface area contributed by atoms with E-state index in [1.54, 1.807) is 24.5 Å². The molecule has 1 amide bonds. The van der Waals surface area contributed by atoms with Crippen LogP contribution >= 0.6 is 11.3 Å². The molecule has 0 aliphatic carbocycles. The second-order valence-corrected chi connectivity index (χ2v) is 8.07. The van der Waals surface area contributed by atoms with Crippen LogP contribution in [0.25, 0.3) is 0 Å². The van der Waals surface area contributed by atoms with Crippen LogP contribution in [0, 0.1) is 5.92 Å². The number of ether oxygens (including phenoxy) is 2. The Balaban J connectivity index is 1.73. The van der Waals surface area contributed by atoms with Gasteiger partial charge in [-0.25, -0.2) is 10.9 Å². The number of fused-ring (bicyclic) bond motifs is 1. The van der Waals surface area contributed by atoms with Crippen LogP contribution in [-0.4, -0.2) is 49.3 Å². The first-order valence-corrected chi connectivity index (χ1v) is 10.2. The SMILES string of the molecule is COCCCN1C(=O)C2NNC(c3cccs3)C2C1c1ccc(O)c(OC)c1. The van der Waals surface area contributed by atoms with Gasteiger partial charge in [0.25, 0.3) is 0 Å². The molecule has 0 radical (unpaired) electrons. The van der Waals surface area contributed by atoms with E-state index in [4.69, 9.17) is 9.47 Å². The molecule has 2 aliphatic rings. The summed E-state index contributed by atoms with van der Waals surface area (Å²) in [6.07, 6.45) is 0.768. The number of hydrogen-bond acceptors (Lipinski definition) is 7. The monoisotopic (exact) mass is 403 g/mol. The average molecular weight is 404 g/mol. The Morgan fingerprint density at radius 3 is 2.75 bits per heavy atom. The van der Waals surface area contributed by atoms with Gasteiger partial charge in [-0.2, -0.15) is 0 Å². The molecule has 1 aromatic heterocycles. The van der Waals surface area contributed by atoms with Crippen molar-refractivity contribution in [3.05, 3.63) is 46.2 Å². The van der Waals surface area contributed by atoms with Gasteiger partial charge in [-0.05, 0) is 35.6 Å². The highest BCUT2D eigenvalue weighted by Crippen LogP contribution is 2.48. The summed E-state index contributed by atoms with van der Waals surface area (Å²) < 4.78 is 10.5. The lowest BCUT2D eigenvalue weighted by molar-refractivity contribution is -0.131. The number of thiophene rings is 1. The molecule has 28 heavy (non-hydrogen) atoms. The van der Waals surface area contributed by atoms with E-state index in [-0.39, 0.29) is 35.7 Å². The number of nitrogens with zero attached hydrogens (tertiary/aromatic N) is 1. The summed E-state index contributed by atoms with van der Waals surface area (Å²) in [6.45, 7) is 1.22. The molecule has 4 rings (SSSR count). The van der Waals surface area contributed by atoms with Crippen LogP contribution in [0.3, 0.4) is 0 Å². The molecule has 4 atom stereocenters. The molecular weight excluding hydrogens is 378 g/mol. The number of methoxy groups -OCH3 is 2. The number of hydrazine groups is 1. The smallest absolute Gasteiger partial charge is 0.242 e. The average Bonchev–Trinajstić information content (AvgIpc) is 3.41. The van der Waals surface area contributed by atoms with Gasteiger partial charge in [0.05, 0.1) is 19.2 Å². The highest BCUT2D eigenvalue weighted by molar-refractivity contribution is 7.10. The Labute approximate surface area is 168 Å². The van der Waals surface area contributed by atoms with Crippen molar-refractivity contribution in [2.75, 3.05) is 27.4 Å². The fourth-order valence-corrected chi connectivity index (χ4v) is 5.15. The van der Waals surface area contributed by atoms with Gasteiger partial charge in [-0.1, -0.05) is 12.1 Å². The lowest BCUT2D eigenvalue weighted by Gasteiger charge is -2.31. The Morgan fingerprint density at radius 2 is 2.04 bits per heavy atom. The van der Waals surface area contributed by atoms with Gasteiger partial charge in [0, 0.05) is 31.1 Å². The maximum absolute atomic E-state index is 13.2. The molecular formula is C20H25N3O4S. The molecule has 2 fully saturated rings. The van der Waals surface area contributed by atoms with Gasteiger partial charge in [0.15, 0.2) is 11.5 Å². The molecule has 3 N–H and O–H groups in total. The van der Waals surface area contributed by atoms with Crippen LogP contribution in [0.4, 0.5) is 0 Å². The Bertz CT molecular complexity index is 829. The van der Waals surface area contributed by atoms with E-state index in [2.05, 4.69) is 22.3 Å². The Kier molecular flexibility index (Phi) is 5.54. The zero-order chi connectivity index (χ0) is 19.7. The fourth-order valence-electron chi connectivity index (χ4n) is 4.32. The summed E-state index contributed by atoms with van der Waals surface area (Å²) >= 11 is 1.68. The quantitative estimate of drug-likeness (QED) is 0.615. The number of rotatable bonds is 7. The highest BCUT2D eigenvalue weighted by Gasteiger charge is 2.55. The largest absolute Gasteiger partial charge is 0.504 e. The molecule has 1 aromatic carbocycles. The minimum Gasteiger partial charge on any atom is -0.504 e. The molecule has 2 saturated heterocycles. The molecule has 150 valence electrons. The minimum atomic E-state index is -0.292. The van der Waals surface area contributed by atoms with Crippen molar-refractivity contribution in [1.82, 2.24) is 15.8 Å². The normalized spacial score (nSPS) is 26.6. The number of carbonyl (C=O) groups is 1. The summed E-state index contributed by atoms with van der Waals surface area (Å²) in [4.78, 5) is 16.3. The van der Waals surface area contributed by atoms with Crippen molar-refractivity contribution in [2.24, 2.45) is 5.92 Å². The van der Waals surface area contributed by atoms with E-state index in [1.165, 1.54) is 12.0 Å². The van der Waals surface area contributed by atoms with Crippen LogP contribution in [0.5, 0.6) is 11.5 Å². The first-order chi connectivity index (χ1) is 13.7. The molecule has 0 spiro atoms. The Hall–Kier alpha value is -2.13. The van der Waals surface area contributed by atoms with Gasteiger partial charge in [0.2, 0.25) is 5.91 Å². The van der Waals surface area contributed by atoms with Crippen LogP contribution < -0.4 is 15.6 Å². The second kappa shape index (κ2) is 8.08. The van der Waals surface area contributed by atoms with E-state index in [0.717, 1.165) is 12.0 Å². The summed E-state index contributed by atoms with van der Waals surface area (Å²) in [5.41, 5.74) is 7.51. The molecule has 0 saturated carbocycles. The van der Waals surface area contributed by atoms with Crippen molar-refractivity contribution >= 4 is 17.2 Å². The van der Waals surface area contributed by atoms with Gasteiger partial charge in [0.1, 0.15) is 6.04 Å². The molecule has 2 aliphatic heterocycles. The van der Waals surface area contributed by atoms with E-state index >= 15 is 0 Å². The maximum atomic E-state index is 13.2. The van der Waals surface area contributed by atoms with Gasteiger partial charge < -0.3 is 19.5 Å². The van der Waals surface area contributed by atoms with Crippen molar-refractivity contribution in [1.29, 1.82) is 0 Å². The maximum Gasteiger partial charge on any atom is 0.242 e. The predicted octanol–water partition coefficient (Wildman–Crippen LogP) is 2.22. The third-order valence-corrected chi connectivity index (χ3v) is 6.51. The van der Waals surface area contributed by atoms with Crippen LogP contribution in [0.2, 0.25) is 0 Å². The predicted molar refractivity (Wildman–Crippen MR) is 106 cm³/mol. The third kappa shape index (κ3) is 3.26. The van der Waals surface area contributed by atoms with Gasteiger partial charge >= 0.3 is 0 Å². The summed E-state index contributed by atoms with van der Waals surface area (Å²) in [6, 6.07) is 9.09. The molecule has 0 bridgehead atoms. The fraction of sp³-hybridized carbons (Fsp3) is 0.450.